The first kappa shape index (κ1) is 19.1. The molecule has 0 unspecified atom stereocenters. The van der Waals surface area contributed by atoms with Crippen molar-refractivity contribution in [1.82, 2.24) is 8.87 Å². The summed E-state index contributed by atoms with van der Waals surface area (Å²) in [5, 5.41) is 0.775. The Kier molecular flexibility index (Phi) is 4.75. The minimum absolute atomic E-state index is 0.0533. The van der Waals surface area contributed by atoms with Gasteiger partial charge in [-0.15, -0.1) is 0 Å². The lowest BCUT2D eigenvalue weighted by molar-refractivity contribution is -0.0660. The van der Waals surface area contributed by atoms with Gasteiger partial charge in [0.15, 0.2) is 0 Å². The number of aryl methyl sites for hydroxylation is 1. The average molecular weight is 404 g/mol. The van der Waals surface area contributed by atoms with E-state index in [9.17, 15) is 17.2 Å². The Bertz CT molecular complexity index is 1110. The third-order valence-electron chi connectivity index (χ3n) is 5.17. The molecule has 0 bridgehead atoms. The second-order valence-corrected chi connectivity index (χ2v) is 9.31. The van der Waals surface area contributed by atoms with Crippen molar-refractivity contribution in [3.63, 3.8) is 0 Å². The van der Waals surface area contributed by atoms with Crippen LogP contribution in [0.2, 0.25) is 0 Å². The highest BCUT2D eigenvalue weighted by atomic mass is 32.2. The van der Waals surface area contributed by atoms with E-state index >= 15 is 0 Å². The Morgan fingerprint density at radius 1 is 1.07 bits per heavy atom. The van der Waals surface area contributed by atoms with Crippen molar-refractivity contribution >= 4 is 20.9 Å². The van der Waals surface area contributed by atoms with E-state index in [1.54, 1.807) is 47.5 Å². The fourth-order valence-corrected chi connectivity index (χ4v) is 5.09. The number of nitrogens with zero attached hydrogens (tertiary/aromatic N) is 2. The molecule has 148 valence electrons. The molecule has 0 spiro atoms. The van der Waals surface area contributed by atoms with Gasteiger partial charge in [-0.3, -0.25) is 4.90 Å². The summed E-state index contributed by atoms with van der Waals surface area (Å²) < 4.78 is 54.4. The van der Waals surface area contributed by atoms with E-state index in [0.717, 1.165) is 16.5 Å². The summed E-state index contributed by atoms with van der Waals surface area (Å²) in [5.41, 5.74) is 2.47. The van der Waals surface area contributed by atoms with Crippen LogP contribution >= 0.6 is 0 Å². The minimum atomic E-state index is -3.69. The van der Waals surface area contributed by atoms with Crippen LogP contribution in [0.1, 0.15) is 24.0 Å². The van der Waals surface area contributed by atoms with E-state index in [0.29, 0.717) is 25.0 Å². The number of piperidine rings is 1. The summed E-state index contributed by atoms with van der Waals surface area (Å²) in [7, 11) is -3.69. The van der Waals surface area contributed by atoms with Crippen molar-refractivity contribution in [3.05, 3.63) is 65.9 Å². The predicted octanol–water partition coefficient (Wildman–Crippen LogP) is 4.42. The van der Waals surface area contributed by atoms with E-state index in [1.807, 2.05) is 19.1 Å². The molecule has 4 rings (SSSR count). The molecule has 1 aromatic heterocycles. The molecule has 1 saturated heterocycles. The van der Waals surface area contributed by atoms with E-state index in [4.69, 9.17) is 0 Å². The molecule has 2 aromatic carbocycles. The maximum atomic E-state index is 13.6. The standard InChI is InChI=1S/C21H22F2N2O2S/c1-16-3-6-19(7-4-16)28(26,27)25-12-9-18-13-17(5-8-20(18)25)14-24-11-2-10-21(22,23)15-24/h3-9,12-13H,2,10-11,14-15H2,1H3. The molecular formula is C21H22F2N2O2S. The van der Waals surface area contributed by atoms with Gasteiger partial charge in [-0.1, -0.05) is 23.8 Å². The highest BCUT2D eigenvalue weighted by Gasteiger charge is 2.34. The molecule has 0 radical (unpaired) electrons. The Balaban J connectivity index is 1.62. The Morgan fingerprint density at radius 3 is 2.54 bits per heavy atom. The number of likely N-dealkylation sites (tertiary alicyclic amines) is 1. The number of hydrogen-bond acceptors (Lipinski definition) is 3. The van der Waals surface area contributed by atoms with E-state index in [1.165, 1.54) is 3.97 Å². The normalized spacial score (nSPS) is 17.8. The molecule has 0 aliphatic carbocycles. The van der Waals surface area contributed by atoms with Gasteiger partial charge in [-0.2, -0.15) is 0 Å². The van der Waals surface area contributed by atoms with Crippen molar-refractivity contribution in [2.75, 3.05) is 13.1 Å². The van der Waals surface area contributed by atoms with Gasteiger partial charge in [0.25, 0.3) is 15.9 Å². The smallest absolute Gasteiger partial charge is 0.268 e. The van der Waals surface area contributed by atoms with Crippen LogP contribution in [0.15, 0.2) is 59.6 Å². The number of alkyl halides is 2. The van der Waals surface area contributed by atoms with Crippen LogP contribution in [0.25, 0.3) is 10.9 Å². The van der Waals surface area contributed by atoms with E-state index in [2.05, 4.69) is 0 Å². The number of fused-ring (bicyclic) bond motifs is 1. The predicted molar refractivity (Wildman–Crippen MR) is 105 cm³/mol. The Hall–Kier alpha value is -2.25. The van der Waals surface area contributed by atoms with Crippen LogP contribution in [-0.4, -0.2) is 36.3 Å². The summed E-state index contributed by atoms with van der Waals surface area (Å²) in [6.07, 6.45) is 1.97. The van der Waals surface area contributed by atoms with Crippen LogP contribution < -0.4 is 0 Å². The van der Waals surface area contributed by atoms with Gasteiger partial charge >= 0.3 is 0 Å². The summed E-state index contributed by atoms with van der Waals surface area (Å²) in [6.45, 7) is 2.76. The molecule has 1 fully saturated rings. The fourth-order valence-electron chi connectivity index (χ4n) is 3.74. The van der Waals surface area contributed by atoms with Crippen LogP contribution in [0.4, 0.5) is 8.78 Å². The van der Waals surface area contributed by atoms with Gasteiger partial charge < -0.3 is 0 Å². The molecule has 0 saturated carbocycles. The van der Waals surface area contributed by atoms with Gasteiger partial charge in [0.1, 0.15) is 0 Å². The second kappa shape index (κ2) is 6.97. The zero-order chi connectivity index (χ0) is 19.9. The zero-order valence-corrected chi connectivity index (χ0v) is 16.4. The highest BCUT2D eigenvalue weighted by Crippen LogP contribution is 2.28. The molecular weight excluding hydrogens is 382 g/mol. The van der Waals surface area contributed by atoms with Gasteiger partial charge in [0.05, 0.1) is 17.0 Å². The first-order valence-electron chi connectivity index (χ1n) is 9.27. The zero-order valence-electron chi connectivity index (χ0n) is 15.6. The third kappa shape index (κ3) is 3.69. The molecule has 0 atom stereocenters. The fraction of sp³-hybridized carbons (Fsp3) is 0.333. The molecule has 4 nitrogen and oxygen atoms in total. The quantitative estimate of drug-likeness (QED) is 0.647. The number of benzene rings is 2. The summed E-state index contributed by atoms with van der Waals surface area (Å²) >= 11 is 0. The Morgan fingerprint density at radius 2 is 1.82 bits per heavy atom. The van der Waals surface area contributed by atoms with Gasteiger partial charge in [0.2, 0.25) is 0 Å². The maximum absolute atomic E-state index is 13.6. The van der Waals surface area contributed by atoms with E-state index in [-0.39, 0.29) is 17.9 Å². The molecule has 1 aliphatic rings. The second-order valence-electron chi connectivity index (χ2n) is 7.49. The lowest BCUT2D eigenvalue weighted by atomic mass is 10.1. The van der Waals surface area contributed by atoms with Crippen LogP contribution in [0.3, 0.4) is 0 Å². The molecule has 1 aliphatic heterocycles. The minimum Gasteiger partial charge on any atom is -0.293 e. The third-order valence-corrected chi connectivity index (χ3v) is 6.88. The average Bonchev–Trinajstić information content (AvgIpc) is 3.05. The van der Waals surface area contributed by atoms with Crippen molar-refractivity contribution in [1.29, 1.82) is 0 Å². The summed E-state index contributed by atoms with van der Waals surface area (Å²) in [4.78, 5) is 1.99. The first-order valence-corrected chi connectivity index (χ1v) is 10.7. The molecule has 0 N–H and O–H groups in total. The SMILES string of the molecule is Cc1ccc(S(=O)(=O)n2ccc3cc(CN4CCCC(F)(F)C4)ccc32)cc1. The number of rotatable bonds is 4. The molecule has 28 heavy (non-hydrogen) atoms. The van der Waals surface area contributed by atoms with Crippen LogP contribution in [0, 0.1) is 6.92 Å². The molecule has 7 heteroatoms. The van der Waals surface area contributed by atoms with Gasteiger partial charge in [-0.25, -0.2) is 21.2 Å². The van der Waals surface area contributed by atoms with Crippen molar-refractivity contribution in [3.8, 4) is 0 Å². The maximum Gasteiger partial charge on any atom is 0.268 e. The van der Waals surface area contributed by atoms with Crippen molar-refractivity contribution < 1.29 is 17.2 Å². The largest absolute Gasteiger partial charge is 0.293 e. The van der Waals surface area contributed by atoms with Crippen molar-refractivity contribution in [2.24, 2.45) is 0 Å². The molecule has 2 heterocycles. The van der Waals surface area contributed by atoms with Gasteiger partial charge in [0, 0.05) is 24.5 Å². The number of halogens is 2. The van der Waals surface area contributed by atoms with Crippen LogP contribution in [-0.2, 0) is 16.6 Å². The van der Waals surface area contributed by atoms with E-state index < -0.39 is 15.9 Å². The summed E-state index contributed by atoms with van der Waals surface area (Å²) in [5.74, 6) is -2.63. The number of aromatic nitrogens is 1. The topological polar surface area (TPSA) is 42.3 Å². The molecule has 3 aromatic rings. The lowest BCUT2D eigenvalue weighted by Gasteiger charge is -2.32. The molecule has 0 amide bonds. The monoisotopic (exact) mass is 404 g/mol. The van der Waals surface area contributed by atoms with Crippen LogP contribution in [0.5, 0.6) is 0 Å². The van der Waals surface area contributed by atoms with Gasteiger partial charge in [-0.05, 0) is 55.8 Å². The lowest BCUT2D eigenvalue weighted by Crippen LogP contribution is -2.41. The number of hydrogen-bond donors (Lipinski definition) is 0. The highest BCUT2D eigenvalue weighted by molar-refractivity contribution is 7.90. The first-order chi connectivity index (χ1) is 13.2. The summed E-state index contributed by atoms with van der Waals surface area (Å²) in [6, 6.07) is 13.9. The Labute approximate surface area is 163 Å². The van der Waals surface area contributed by atoms with Crippen molar-refractivity contribution in [2.45, 2.75) is 37.1 Å².